The Bertz CT molecular complexity index is 993. The fraction of sp³-hybridized carbons (Fsp3) is 0.105. The Labute approximate surface area is 153 Å². The molecule has 0 spiro atoms. The first kappa shape index (κ1) is 18.2. The molecular weight excluding hydrogens is 356 g/mol. The lowest BCUT2D eigenvalue weighted by molar-refractivity contribution is -0.111. The van der Waals surface area contributed by atoms with Gasteiger partial charge in [-0.15, -0.1) is 0 Å². The average Bonchev–Trinajstić information content (AvgIpc) is 2.66. The second-order valence-corrected chi connectivity index (χ2v) is 5.35. The maximum absolute atomic E-state index is 12.5. The summed E-state index contributed by atoms with van der Waals surface area (Å²) in [6.45, 7) is -3.00. The number of ether oxygens (including phenoxy) is 2. The Hall–Kier alpha value is -3.55. The molecule has 8 heteroatoms. The van der Waals surface area contributed by atoms with Crippen LogP contribution in [0.15, 0.2) is 54.7 Å². The molecule has 0 unspecified atom stereocenters. The summed E-state index contributed by atoms with van der Waals surface area (Å²) in [6.07, 6.45) is 4.33. The predicted octanol–water partition coefficient (Wildman–Crippen LogP) is 3.89. The van der Waals surface area contributed by atoms with Gasteiger partial charge >= 0.3 is 6.61 Å². The van der Waals surface area contributed by atoms with Crippen molar-refractivity contribution in [3.05, 3.63) is 60.4 Å². The lowest BCUT2D eigenvalue weighted by Gasteiger charge is -2.11. The van der Waals surface area contributed by atoms with Crippen molar-refractivity contribution in [2.24, 2.45) is 0 Å². The quantitative estimate of drug-likeness (QED) is 0.666. The van der Waals surface area contributed by atoms with Crippen LogP contribution in [0.4, 0.5) is 14.5 Å². The van der Waals surface area contributed by atoms with Crippen molar-refractivity contribution in [2.75, 3.05) is 12.4 Å². The van der Waals surface area contributed by atoms with E-state index in [-0.39, 0.29) is 17.2 Å². The minimum atomic E-state index is -3.00. The number of rotatable bonds is 6. The third kappa shape index (κ3) is 4.75. The van der Waals surface area contributed by atoms with E-state index in [0.29, 0.717) is 11.2 Å². The normalized spacial score (nSPS) is 11.1. The second kappa shape index (κ2) is 8.22. The summed E-state index contributed by atoms with van der Waals surface area (Å²) >= 11 is 0. The molecule has 0 saturated carbocycles. The van der Waals surface area contributed by atoms with Crippen LogP contribution < -0.4 is 14.8 Å². The van der Waals surface area contributed by atoms with Crippen molar-refractivity contribution in [3.8, 4) is 11.5 Å². The van der Waals surface area contributed by atoms with E-state index in [1.54, 1.807) is 6.20 Å². The zero-order valence-electron chi connectivity index (χ0n) is 14.2. The first-order valence-electron chi connectivity index (χ1n) is 7.89. The molecule has 27 heavy (non-hydrogen) atoms. The number of nitrogens with zero attached hydrogens (tertiary/aromatic N) is 2. The topological polar surface area (TPSA) is 73.3 Å². The van der Waals surface area contributed by atoms with Gasteiger partial charge in [-0.2, -0.15) is 8.78 Å². The van der Waals surface area contributed by atoms with Crippen molar-refractivity contribution in [1.82, 2.24) is 9.97 Å². The number of para-hydroxylation sites is 2. The first-order valence-corrected chi connectivity index (χ1v) is 7.89. The molecule has 0 fully saturated rings. The number of carbonyl (C=O) groups is 1. The van der Waals surface area contributed by atoms with Gasteiger partial charge in [0.25, 0.3) is 0 Å². The van der Waals surface area contributed by atoms with Gasteiger partial charge in [-0.25, -0.2) is 4.98 Å². The summed E-state index contributed by atoms with van der Waals surface area (Å²) in [6, 6.07) is 11.6. The number of anilines is 1. The Balaban J connectivity index is 1.71. The van der Waals surface area contributed by atoms with Crippen molar-refractivity contribution in [1.29, 1.82) is 0 Å². The van der Waals surface area contributed by atoms with E-state index >= 15 is 0 Å². The zero-order valence-corrected chi connectivity index (χ0v) is 14.2. The summed E-state index contributed by atoms with van der Waals surface area (Å²) in [4.78, 5) is 20.7. The van der Waals surface area contributed by atoms with E-state index in [1.165, 1.54) is 37.5 Å². The minimum absolute atomic E-state index is 0.135. The summed E-state index contributed by atoms with van der Waals surface area (Å²) in [5, 5.41) is 2.56. The van der Waals surface area contributed by atoms with Gasteiger partial charge in [0, 0.05) is 17.8 Å². The number of aromatic nitrogens is 2. The van der Waals surface area contributed by atoms with Gasteiger partial charge in [0.1, 0.15) is 0 Å². The van der Waals surface area contributed by atoms with Gasteiger partial charge in [-0.05, 0) is 30.3 Å². The van der Waals surface area contributed by atoms with Gasteiger partial charge in [0.2, 0.25) is 5.91 Å². The number of carbonyl (C=O) groups excluding carboxylic acids is 1. The maximum atomic E-state index is 12.5. The minimum Gasteiger partial charge on any atom is -0.493 e. The van der Waals surface area contributed by atoms with Crippen LogP contribution in [-0.2, 0) is 4.79 Å². The third-order valence-electron chi connectivity index (χ3n) is 3.52. The molecule has 0 aliphatic heterocycles. The van der Waals surface area contributed by atoms with Crippen LogP contribution >= 0.6 is 0 Å². The lowest BCUT2D eigenvalue weighted by Crippen LogP contribution is -2.09. The number of methoxy groups -OCH3 is 1. The van der Waals surface area contributed by atoms with Crippen LogP contribution in [0.3, 0.4) is 0 Å². The molecule has 0 bridgehead atoms. The molecule has 3 rings (SSSR count). The average molecular weight is 371 g/mol. The van der Waals surface area contributed by atoms with Crippen LogP contribution in [0.25, 0.3) is 17.1 Å². The molecular formula is C19H15F2N3O3. The maximum Gasteiger partial charge on any atom is 0.387 e. The number of nitrogens with one attached hydrogen (secondary N) is 1. The van der Waals surface area contributed by atoms with Crippen molar-refractivity contribution >= 4 is 28.7 Å². The molecule has 1 N–H and O–H groups in total. The highest BCUT2D eigenvalue weighted by molar-refractivity contribution is 6.02. The molecule has 1 amide bonds. The standard InChI is InChI=1S/C19H15F2N3O3/c1-26-16-8-6-12(10-17(16)27-19(20)21)24-18(25)9-7-13-11-22-14-4-2-3-5-15(14)23-13/h2-11,19H,1H3,(H,24,25)/b9-7+. The number of hydrogen-bond donors (Lipinski definition) is 1. The number of alkyl halides is 2. The summed E-state index contributed by atoms with van der Waals surface area (Å²) in [5.41, 5.74) is 2.26. The number of hydrogen-bond acceptors (Lipinski definition) is 5. The molecule has 0 radical (unpaired) electrons. The Kier molecular flexibility index (Phi) is 5.55. The first-order chi connectivity index (χ1) is 13.0. The van der Waals surface area contributed by atoms with Crippen LogP contribution in [0.1, 0.15) is 5.69 Å². The van der Waals surface area contributed by atoms with E-state index < -0.39 is 12.5 Å². The molecule has 1 heterocycles. The van der Waals surface area contributed by atoms with Gasteiger partial charge < -0.3 is 14.8 Å². The third-order valence-corrected chi connectivity index (χ3v) is 3.52. The van der Waals surface area contributed by atoms with E-state index in [9.17, 15) is 13.6 Å². The highest BCUT2D eigenvalue weighted by Gasteiger charge is 2.12. The zero-order chi connectivity index (χ0) is 19.2. The van der Waals surface area contributed by atoms with Gasteiger partial charge in [-0.1, -0.05) is 12.1 Å². The molecule has 3 aromatic rings. The largest absolute Gasteiger partial charge is 0.493 e. The fourth-order valence-electron chi connectivity index (χ4n) is 2.34. The molecule has 2 aromatic carbocycles. The summed E-state index contributed by atoms with van der Waals surface area (Å²) < 4.78 is 34.3. The molecule has 0 saturated heterocycles. The number of amides is 1. The highest BCUT2D eigenvalue weighted by Crippen LogP contribution is 2.31. The summed E-state index contributed by atoms with van der Waals surface area (Å²) in [7, 11) is 1.33. The Morgan fingerprint density at radius 3 is 2.67 bits per heavy atom. The molecule has 0 aliphatic carbocycles. The van der Waals surface area contributed by atoms with Gasteiger partial charge in [0.05, 0.1) is 30.0 Å². The SMILES string of the molecule is COc1ccc(NC(=O)/C=C/c2cnc3ccccc3n2)cc1OC(F)F. The molecule has 138 valence electrons. The highest BCUT2D eigenvalue weighted by atomic mass is 19.3. The number of benzene rings is 2. The molecule has 0 aliphatic rings. The van der Waals surface area contributed by atoms with Crippen LogP contribution in [0, 0.1) is 0 Å². The molecule has 6 nitrogen and oxygen atoms in total. The van der Waals surface area contributed by atoms with Crippen LogP contribution in [0.2, 0.25) is 0 Å². The Morgan fingerprint density at radius 1 is 1.15 bits per heavy atom. The van der Waals surface area contributed by atoms with Crippen molar-refractivity contribution in [2.45, 2.75) is 6.61 Å². The van der Waals surface area contributed by atoms with E-state index in [0.717, 1.165) is 5.52 Å². The monoisotopic (exact) mass is 371 g/mol. The van der Waals surface area contributed by atoms with Gasteiger partial charge in [-0.3, -0.25) is 9.78 Å². The van der Waals surface area contributed by atoms with Crippen molar-refractivity contribution < 1.29 is 23.0 Å². The predicted molar refractivity (Wildman–Crippen MR) is 96.8 cm³/mol. The summed E-state index contributed by atoms with van der Waals surface area (Å²) in [5.74, 6) is -0.497. The fourth-order valence-corrected chi connectivity index (χ4v) is 2.34. The molecule has 0 atom stereocenters. The number of halogens is 2. The smallest absolute Gasteiger partial charge is 0.387 e. The number of fused-ring (bicyclic) bond motifs is 1. The molecule has 1 aromatic heterocycles. The second-order valence-electron chi connectivity index (χ2n) is 5.35. The lowest BCUT2D eigenvalue weighted by atomic mass is 10.2. The van der Waals surface area contributed by atoms with Gasteiger partial charge in [0.15, 0.2) is 11.5 Å². The van der Waals surface area contributed by atoms with Crippen LogP contribution in [-0.4, -0.2) is 29.6 Å². The van der Waals surface area contributed by atoms with E-state index in [2.05, 4.69) is 20.0 Å². The van der Waals surface area contributed by atoms with E-state index in [1.807, 2.05) is 24.3 Å². The van der Waals surface area contributed by atoms with Crippen LogP contribution in [0.5, 0.6) is 11.5 Å². The Morgan fingerprint density at radius 2 is 1.93 bits per heavy atom. The van der Waals surface area contributed by atoms with E-state index in [4.69, 9.17) is 4.74 Å². The van der Waals surface area contributed by atoms with Crippen molar-refractivity contribution in [3.63, 3.8) is 0 Å².